The van der Waals surface area contributed by atoms with E-state index in [9.17, 15) is 18.0 Å². The predicted octanol–water partition coefficient (Wildman–Crippen LogP) is 7.32. The van der Waals surface area contributed by atoms with Crippen LogP contribution in [0.5, 0.6) is 0 Å². The zero-order valence-corrected chi connectivity index (χ0v) is 25.1. The number of carbonyl (C=O) groups is 2. The van der Waals surface area contributed by atoms with Crippen LogP contribution in [0.25, 0.3) is 10.8 Å². The molecule has 1 heterocycles. The molecule has 0 radical (unpaired) electrons. The molecular formula is C33H26ClN3O4S2. The summed E-state index contributed by atoms with van der Waals surface area (Å²) >= 11 is 7.55. The summed E-state index contributed by atoms with van der Waals surface area (Å²) in [4.78, 5) is 27.5. The van der Waals surface area contributed by atoms with Crippen LogP contribution in [0.15, 0.2) is 120 Å². The van der Waals surface area contributed by atoms with Gasteiger partial charge in [-0.05, 0) is 71.1 Å². The number of amides is 2. The zero-order valence-electron chi connectivity index (χ0n) is 22.7. The van der Waals surface area contributed by atoms with Crippen molar-refractivity contribution < 1.29 is 18.0 Å². The van der Waals surface area contributed by atoms with Gasteiger partial charge in [-0.15, -0.1) is 11.8 Å². The molecule has 2 amide bonds. The van der Waals surface area contributed by atoms with Gasteiger partial charge in [0, 0.05) is 28.2 Å². The standard InChI is InChI=1S/C33H26ClN3O4S2/c34-26-14-8-22(9-15-26)20-37-31(38)21-42-33(37)25-12-10-24(11-13-25)32(39)35-27-16-18-28(19-17-27)43(40,41)36-30-7-3-5-23-4-1-2-6-29(23)30/h1-19,33,36H,20-21H2,(H,35,39)/t33-/m1/s1. The Morgan fingerprint density at radius 1 is 0.860 bits per heavy atom. The maximum atomic E-state index is 13.1. The van der Waals surface area contributed by atoms with Crippen molar-refractivity contribution in [2.24, 2.45) is 0 Å². The molecule has 1 aliphatic heterocycles. The van der Waals surface area contributed by atoms with E-state index in [1.807, 2.05) is 71.6 Å². The molecule has 5 aromatic rings. The van der Waals surface area contributed by atoms with Crippen molar-refractivity contribution in [3.63, 3.8) is 0 Å². The van der Waals surface area contributed by atoms with Crippen LogP contribution < -0.4 is 10.0 Å². The van der Waals surface area contributed by atoms with Gasteiger partial charge in [0.25, 0.3) is 15.9 Å². The molecule has 43 heavy (non-hydrogen) atoms. The number of halogens is 1. The molecule has 1 aliphatic rings. The van der Waals surface area contributed by atoms with E-state index in [-0.39, 0.29) is 22.1 Å². The molecule has 1 atom stereocenters. The Kier molecular flexibility index (Phi) is 8.12. The Morgan fingerprint density at radius 2 is 1.56 bits per heavy atom. The van der Waals surface area contributed by atoms with Crippen molar-refractivity contribution in [1.29, 1.82) is 0 Å². The molecule has 6 rings (SSSR count). The number of sulfonamides is 1. The van der Waals surface area contributed by atoms with Crippen molar-refractivity contribution >= 4 is 67.3 Å². The highest BCUT2D eigenvalue weighted by molar-refractivity contribution is 8.00. The van der Waals surface area contributed by atoms with E-state index in [2.05, 4.69) is 10.0 Å². The molecule has 0 saturated carbocycles. The van der Waals surface area contributed by atoms with Gasteiger partial charge >= 0.3 is 0 Å². The average Bonchev–Trinajstić information content (AvgIpc) is 3.38. The van der Waals surface area contributed by atoms with Gasteiger partial charge < -0.3 is 10.2 Å². The fourth-order valence-corrected chi connectivity index (χ4v) is 7.32. The lowest BCUT2D eigenvalue weighted by molar-refractivity contribution is -0.128. The Balaban J connectivity index is 1.11. The van der Waals surface area contributed by atoms with Crippen LogP contribution in [0.2, 0.25) is 5.02 Å². The van der Waals surface area contributed by atoms with E-state index in [1.54, 1.807) is 48.2 Å². The van der Waals surface area contributed by atoms with Gasteiger partial charge in [0.2, 0.25) is 5.91 Å². The third kappa shape index (κ3) is 6.39. The molecule has 2 N–H and O–H groups in total. The summed E-state index contributed by atoms with van der Waals surface area (Å²) in [6.45, 7) is 0.471. The second kappa shape index (κ2) is 12.1. The molecule has 10 heteroatoms. The number of hydrogen-bond donors (Lipinski definition) is 2. The SMILES string of the molecule is O=C(Nc1ccc(S(=O)(=O)Nc2cccc3ccccc23)cc1)c1ccc([C@H]2SCC(=O)N2Cc2ccc(Cl)cc2)cc1. The maximum Gasteiger partial charge on any atom is 0.261 e. The molecule has 0 bridgehead atoms. The van der Waals surface area contributed by atoms with Gasteiger partial charge in [-0.3, -0.25) is 14.3 Å². The van der Waals surface area contributed by atoms with Crippen molar-refractivity contribution in [2.75, 3.05) is 15.8 Å². The van der Waals surface area contributed by atoms with E-state index in [4.69, 9.17) is 11.6 Å². The van der Waals surface area contributed by atoms with Crippen LogP contribution in [-0.2, 0) is 21.4 Å². The summed E-state index contributed by atoms with van der Waals surface area (Å²) in [5.41, 5.74) is 3.31. The van der Waals surface area contributed by atoms with Crippen LogP contribution >= 0.6 is 23.4 Å². The minimum absolute atomic E-state index is 0.0598. The van der Waals surface area contributed by atoms with Gasteiger partial charge in [-0.1, -0.05) is 72.3 Å². The van der Waals surface area contributed by atoms with Crippen molar-refractivity contribution in [3.8, 4) is 0 Å². The molecule has 0 spiro atoms. The van der Waals surface area contributed by atoms with E-state index >= 15 is 0 Å². The number of anilines is 2. The second-order valence-electron chi connectivity index (χ2n) is 10.0. The van der Waals surface area contributed by atoms with Crippen LogP contribution in [0, 0.1) is 0 Å². The Hall–Kier alpha value is -4.31. The van der Waals surface area contributed by atoms with E-state index in [1.165, 1.54) is 12.1 Å². The Morgan fingerprint density at radius 3 is 2.30 bits per heavy atom. The summed E-state index contributed by atoms with van der Waals surface area (Å²) in [5.74, 6) is 0.123. The van der Waals surface area contributed by atoms with Gasteiger partial charge in [-0.25, -0.2) is 8.42 Å². The van der Waals surface area contributed by atoms with Crippen molar-refractivity contribution in [1.82, 2.24) is 4.90 Å². The summed E-state index contributed by atoms with van der Waals surface area (Å²) < 4.78 is 28.8. The van der Waals surface area contributed by atoms with Crippen LogP contribution in [0.3, 0.4) is 0 Å². The number of hydrogen-bond acceptors (Lipinski definition) is 5. The highest BCUT2D eigenvalue weighted by Crippen LogP contribution is 2.39. The summed E-state index contributed by atoms with van der Waals surface area (Å²) in [6.07, 6.45) is 0. The highest BCUT2D eigenvalue weighted by atomic mass is 35.5. The molecule has 5 aromatic carbocycles. The fraction of sp³-hybridized carbons (Fsp3) is 0.0909. The minimum atomic E-state index is -3.84. The molecule has 1 saturated heterocycles. The Labute approximate surface area is 258 Å². The van der Waals surface area contributed by atoms with Gasteiger partial charge in [0.1, 0.15) is 5.37 Å². The zero-order chi connectivity index (χ0) is 30.0. The molecule has 0 unspecified atom stereocenters. The van der Waals surface area contributed by atoms with Crippen LogP contribution in [-0.4, -0.2) is 30.9 Å². The first-order valence-corrected chi connectivity index (χ1v) is 16.4. The molecule has 7 nitrogen and oxygen atoms in total. The largest absolute Gasteiger partial charge is 0.322 e. The summed E-state index contributed by atoms with van der Waals surface area (Å²) in [6, 6.07) is 33.6. The monoisotopic (exact) mass is 627 g/mol. The lowest BCUT2D eigenvalue weighted by atomic mass is 10.1. The first-order chi connectivity index (χ1) is 20.8. The number of nitrogens with one attached hydrogen (secondary N) is 2. The summed E-state index contributed by atoms with van der Waals surface area (Å²) in [7, 11) is -3.84. The fourth-order valence-electron chi connectivity index (χ4n) is 4.93. The van der Waals surface area contributed by atoms with Gasteiger partial charge in [-0.2, -0.15) is 0 Å². The van der Waals surface area contributed by atoms with Crippen LogP contribution in [0.1, 0.15) is 26.9 Å². The maximum absolute atomic E-state index is 13.1. The number of carbonyl (C=O) groups excluding carboxylic acids is 2. The Bertz CT molecular complexity index is 1910. The minimum Gasteiger partial charge on any atom is -0.322 e. The lowest BCUT2D eigenvalue weighted by Crippen LogP contribution is -2.27. The van der Waals surface area contributed by atoms with E-state index in [0.717, 1.165) is 21.9 Å². The highest BCUT2D eigenvalue weighted by Gasteiger charge is 2.32. The topological polar surface area (TPSA) is 95.6 Å². The van der Waals surface area contributed by atoms with E-state index in [0.29, 0.717) is 34.3 Å². The predicted molar refractivity (Wildman–Crippen MR) is 173 cm³/mol. The quantitative estimate of drug-likeness (QED) is 0.188. The molecule has 0 aliphatic carbocycles. The molecule has 216 valence electrons. The molecule has 0 aromatic heterocycles. The number of benzene rings is 5. The molecule has 1 fully saturated rings. The number of fused-ring (bicyclic) bond motifs is 1. The third-order valence-electron chi connectivity index (χ3n) is 7.15. The van der Waals surface area contributed by atoms with Crippen LogP contribution in [0.4, 0.5) is 11.4 Å². The first kappa shape index (κ1) is 28.8. The second-order valence-corrected chi connectivity index (χ2v) is 13.2. The van der Waals surface area contributed by atoms with E-state index < -0.39 is 10.0 Å². The molecular weight excluding hydrogens is 602 g/mol. The summed E-state index contributed by atoms with van der Waals surface area (Å²) in [5, 5.41) is 5.04. The van der Waals surface area contributed by atoms with Gasteiger partial charge in [0.15, 0.2) is 0 Å². The van der Waals surface area contributed by atoms with Crippen molar-refractivity contribution in [2.45, 2.75) is 16.8 Å². The smallest absolute Gasteiger partial charge is 0.261 e. The number of nitrogens with zero attached hydrogens (tertiary/aromatic N) is 1. The lowest BCUT2D eigenvalue weighted by Gasteiger charge is -2.24. The number of rotatable bonds is 8. The third-order valence-corrected chi connectivity index (χ3v) is 10.0. The number of thioether (sulfide) groups is 1. The van der Waals surface area contributed by atoms with Gasteiger partial charge in [0.05, 0.1) is 16.3 Å². The van der Waals surface area contributed by atoms with Crippen molar-refractivity contribution in [3.05, 3.63) is 137 Å². The average molecular weight is 628 g/mol. The first-order valence-electron chi connectivity index (χ1n) is 13.4. The normalized spacial score (nSPS) is 15.0.